The van der Waals surface area contributed by atoms with Gasteiger partial charge in [-0.05, 0) is 24.3 Å². The van der Waals surface area contributed by atoms with Crippen LogP contribution >= 0.6 is 0 Å². The van der Waals surface area contributed by atoms with Crippen molar-refractivity contribution in [2.75, 3.05) is 19.5 Å². The molecule has 24 heavy (non-hydrogen) atoms. The van der Waals surface area contributed by atoms with Crippen LogP contribution in [0.2, 0.25) is 0 Å². The number of nitrogens with one attached hydrogen (secondary N) is 1. The second kappa shape index (κ2) is 5.98. The summed E-state index contributed by atoms with van der Waals surface area (Å²) in [6.07, 6.45) is -0.390. The summed E-state index contributed by atoms with van der Waals surface area (Å²) in [5.74, 6) is -0.183. The van der Waals surface area contributed by atoms with Gasteiger partial charge < -0.3 is 19.9 Å². The summed E-state index contributed by atoms with van der Waals surface area (Å²) in [4.78, 5) is 25.0. The minimum Gasteiger partial charge on any atom is -0.497 e. The smallest absolute Gasteiger partial charge is 0.261 e. The third-order valence-corrected chi connectivity index (χ3v) is 4.12. The number of aliphatic hydroxyl groups is 1. The van der Waals surface area contributed by atoms with E-state index >= 15 is 0 Å². The molecule has 0 saturated heterocycles. The Kier molecular flexibility index (Phi) is 3.99. The molecule has 1 atom stereocenters. The molecule has 2 aromatic rings. The van der Waals surface area contributed by atoms with Crippen LogP contribution in [0.1, 0.15) is 22.3 Å². The Bertz CT molecular complexity index is 817. The highest BCUT2D eigenvalue weighted by Gasteiger charge is 2.46. The van der Waals surface area contributed by atoms with Crippen LogP contribution in [-0.2, 0) is 10.4 Å². The molecular formula is C18H17NO5. The van der Waals surface area contributed by atoms with Crippen molar-refractivity contribution in [3.63, 3.8) is 0 Å². The van der Waals surface area contributed by atoms with Crippen molar-refractivity contribution in [2.45, 2.75) is 12.0 Å². The predicted molar refractivity (Wildman–Crippen MR) is 87.5 cm³/mol. The average Bonchev–Trinajstić information content (AvgIpc) is 2.85. The van der Waals surface area contributed by atoms with Crippen LogP contribution in [0.15, 0.2) is 42.5 Å². The van der Waals surface area contributed by atoms with E-state index in [1.807, 2.05) is 0 Å². The number of carbonyl (C=O) groups is 2. The highest BCUT2D eigenvalue weighted by Crippen LogP contribution is 2.39. The highest BCUT2D eigenvalue weighted by atomic mass is 16.5. The third-order valence-electron chi connectivity index (χ3n) is 4.12. The Morgan fingerprint density at radius 2 is 1.92 bits per heavy atom. The molecule has 1 aliphatic heterocycles. The van der Waals surface area contributed by atoms with Gasteiger partial charge in [0.05, 0.1) is 26.2 Å². The van der Waals surface area contributed by atoms with Crippen molar-refractivity contribution in [3.05, 3.63) is 53.6 Å². The summed E-state index contributed by atoms with van der Waals surface area (Å²) in [5, 5.41) is 13.4. The first-order valence-electron chi connectivity index (χ1n) is 7.38. The van der Waals surface area contributed by atoms with E-state index in [2.05, 4.69) is 5.32 Å². The minimum absolute atomic E-state index is 0.252. The van der Waals surface area contributed by atoms with Gasteiger partial charge in [-0.1, -0.05) is 18.2 Å². The number of carbonyl (C=O) groups excluding carboxylic acids is 2. The van der Waals surface area contributed by atoms with Gasteiger partial charge in [0.2, 0.25) is 0 Å². The summed E-state index contributed by atoms with van der Waals surface area (Å²) in [6, 6.07) is 11.6. The van der Waals surface area contributed by atoms with Gasteiger partial charge in [0.15, 0.2) is 11.4 Å². The summed E-state index contributed by atoms with van der Waals surface area (Å²) in [7, 11) is 2.94. The number of anilines is 1. The topological polar surface area (TPSA) is 84.9 Å². The molecule has 1 heterocycles. The number of hydrogen-bond donors (Lipinski definition) is 2. The van der Waals surface area contributed by atoms with Crippen LogP contribution in [0.25, 0.3) is 0 Å². The Labute approximate surface area is 139 Å². The fourth-order valence-corrected chi connectivity index (χ4v) is 2.84. The first-order valence-corrected chi connectivity index (χ1v) is 7.38. The van der Waals surface area contributed by atoms with Gasteiger partial charge in [-0.25, -0.2) is 0 Å². The quantitative estimate of drug-likeness (QED) is 0.822. The number of amides is 1. The first-order chi connectivity index (χ1) is 11.5. The Morgan fingerprint density at radius 3 is 2.62 bits per heavy atom. The molecule has 0 aliphatic carbocycles. The molecule has 0 fully saturated rings. The van der Waals surface area contributed by atoms with Crippen molar-refractivity contribution in [1.29, 1.82) is 0 Å². The molecule has 0 bridgehead atoms. The zero-order valence-corrected chi connectivity index (χ0v) is 13.3. The summed E-state index contributed by atoms with van der Waals surface area (Å²) < 4.78 is 10.3. The first kappa shape index (κ1) is 16.0. The Balaban J connectivity index is 1.97. The molecule has 0 spiro atoms. The van der Waals surface area contributed by atoms with E-state index in [0.29, 0.717) is 22.7 Å². The van der Waals surface area contributed by atoms with Gasteiger partial charge >= 0.3 is 0 Å². The van der Waals surface area contributed by atoms with Crippen molar-refractivity contribution in [3.8, 4) is 11.5 Å². The van der Waals surface area contributed by atoms with E-state index in [9.17, 15) is 14.7 Å². The van der Waals surface area contributed by atoms with E-state index < -0.39 is 17.3 Å². The molecule has 1 amide bonds. The van der Waals surface area contributed by atoms with Gasteiger partial charge in [-0.2, -0.15) is 0 Å². The molecule has 0 aromatic heterocycles. The summed E-state index contributed by atoms with van der Waals surface area (Å²) in [5.41, 5.74) is -0.745. The SMILES string of the molecule is COc1ccc(OC)c(C(=O)C[C@]2(O)C(=O)Nc3ccccc32)c1. The number of methoxy groups -OCH3 is 2. The number of ketones is 1. The lowest BCUT2D eigenvalue weighted by Crippen LogP contribution is -2.36. The lowest BCUT2D eigenvalue weighted by atomic mass is 9.88. The van der Waals surface area contributed by atoms with Crippen molar-refractivity contribution < 1.29 is 24.2 Å². The lowest BCUT2D eigenvalue weighted by Gasteiger charge is -2.20. The second-order valence-electron chi connectivity index (χ2n) is 5.53. The molecule has 124 valence electrons. The number of ether oxygens (including phenoxy) is 2. The largest absolute Gasteiger partial charge is 0.497 e. The summed E-state index contributed by atoms with van der Waals surface area (Å²) in [6.45, 7) is 0. The number of para-hydroxylation sites is 1. The molecule has 2 aromatic carbocycles. The monoisotopic (exact) mass is 327 g/mol. The Morgan fingerprint density at radius 1 is 1.17 bits per heavy atom. The molecule has 0 saturated carbocycles. The van der Waals surface area contributed by atoms with Gasteiger partial charge in [-0.3, -0.25) is 9.59 Å². The van der Waals surface area contributed by atoms with Crippen LogP contribution in [0.4, 0.5) is 5.69 Å². The molecule has 6 nitrogen and oxygen atoms in total. The summed E-state index contributed by atoms with van der Waals surface area (Å²) >= 11 is 0. The lowest BCUT2D eigenvalue weighted by molar-refractivity contribution is -0.133. The van der Waals surface area contributed by atoms with Crippen molar-refractivity contribution in [2.24, 2.45) is 0 Å². The van der Waals surface area contributed by atoms with Crippen LogP contribution in [0.3, 0.4) is 0 Å². The molecule has 0 radical (unpaired) electrons. The van der Waals surface area contributed by atoms with Gasteiger partial charge in [0.25, 0.3) is 5.91 Å². The van der Waals surface area contributed by atoms with Crippen molar-refractivity contribution >= 4 is 17.4 Å². The maximum atomic E-state index is 12.7. The standard InChI is InChI=1S/C18H17NO5/c1-23-11-7-8-16(24-2)12(9-11)15(20)10-18(22)13-5-3-4-6-14(13)19-17(18)21/h3-9,22H,10H2,1-2H3,(H,19,21)/t18-/m1/s1. The van der Waals surface area contributed by atoms with Gasteiger partial charge in [0, 0.05) is 11.3 Å². The van der Waals surface area contributed by atoms with Crippen LogP contribution in [0.5, 0.6) is 11.5 Å². The maximum Gasteiger partial charge on any atom is 0.261 e. The molecule has 6 heteroatoms. The second-order valence-corrected chi connectivity index (χ2v) is 5.53. The van der Waals surface area contributed by atoms with Gasteiger partial charge in [-0.15, -0.1) is 0 Å². The fraction of sp³-hybridized carbons (Fsp3) is 0.222. The zero-order chi connectivity index (χ0) is 17.3. The average molecular weight is 327 g/mol. The predicted octanol–water partition coefficient (Wildman–Crippen LogP) is 2.12. The number of Topliss-reactive ketones (excluding diaryl/α,β-unsaturated/α-hetero) is 1. The van der Waals surface area contributed by atoms with E-state index in [4.69, 9.17) is 9.47 Å². The zero-order valence-electron chi connectivity index (χ0n) is 13.3. The number of benzene rings is 2. The maximum absolute atomic E-state index is 12.7. The van der Waals surface area contributed by atoms with E-state index in [1.165, 1.54) is 20.3 Å². The normalized spacial score (nSPS) is 18.7. The van der Waals surface area contributed by atoms with E-state index in [1.54, 1.807) is 36.4 Å². The fourth-order valence-electron chi connectivity index (χ4n) is 2.84. The highest BCUT2D eigenvalue weighted by molar-refractivity contribution is 6.10. The molecule has 2 N–H and O–H groups in total. The minimum atomic E-state index is -1.90. The van der Waals surface area contributed by atoms with Gasteiger partial charge in [0.1, 0.15) is 11.5 Å². The molecule has 3 rings (SSSR count). The van der Waals surface area contributed by atoms with Crippen LogP contribution in [-0.4, -0.2) is 31.0 Å². The third kappa shape index (κ3) is 2.51. The van der Waals surface area contributed by atoms with Crippen LogP contribution in [0, 0.1) is 0 Å². The molecule has 1 aliphatic rings. The number of fused-ring (bicyclic) bond motifs is 1. The molecule has 0 unspecified atom stereocenters. The number of rotatable bonds is 5. The van der Waals surface area contributed by atoms with Crippen LogP contribution < -0.4 is 14.8 Å². The van der Waals surface area contributed by atoms with E-state index in [-0.39, 0.29) is 12.0 Å². The molecular weight excluding hydrogens is 310 g/mol. The Hall–Kier alpha value is -2.86. The van der Waals surface area contributed by atoms with E-state index in [0.717, 1.165) is 0 Å². The van der Waals surface area contributed by atoms with Crippen molar-refractivity contribution in [1.82, 2.24) is 0 Å². The number of hydrogen-bond acceptors (Lipinski definition) is 5.